The van der Waals surface area contributed by atoms with Crippen LogP contribution < -0.4 is 4.74 Å². The lowest BCUT2D eigenvalue weighted by atomic mass is 10.1. The summed E-state index contributed by atoms with van der Waals surface area (Å²) in [6.45, 7) is 0.429. The third kappa shape index (κ3) is 4.84. The highest BCUT2D eigenvalue weighted by Gasteiger charge is 2.33. The fourth-order valence-electron chi connectivity index (χ4n) is 3.09. The number of phenols is 1. The molecule has 31 heavy (non-hydrogen) atoms. The van der Waals surface area contributed by atoms with E-state index in [9.17, 15) is 9.90 Å². The van der Waals surface area contributed by atoms with E-state index in [1.807, 2.05) is 60.7 Å². The second-order valence-corrected chi connectivity index (χ2v) is 8.63. The average Bonchev–Trinajstić information content (AvgIpc) is 3.06. The molecule has 1 fully saturated rings. The molecule has 0 unspecified atom stereocenters. The van der Waals surface area contributed by atoms with Crippen LogP contribution in [0.1, 0.15) is 11.1 Å². The number of methoxy groups -OCH3 is 1. The van der Waals surface area contributed by atoms with Crippen molar-refractivity contribution in [2.75, 3.05) is 7.11 Å². The van der Waals surface area contributed by atoms with Gasteiger partial charge in [-0.15, -0.1) is 0 Å². The Kier molecular flexibility index (Phi) is 6.44. The first-order valence-corrected chi connectivity index (χ1v) is 11.1. The molecule has 1 N–H and O–H groups in total. The molecule has 0 bridgehead atoms. The second kappa shape index (κ2) is 9.41. The molecule has 7 heteroatoms. The standard InChI is InChI=1S/C24H19BrN2O3S/c1-30-20-13-17(12-19(25)22(20)28)14-21-23(29)27(15-16-8-4-2-5-9-16)24(31-21)26-18-10-6-3-7-11-18/h2-14,28H,15H2,1H3/b21-14+,26-24?. The Labute approximate surface area is 193 Å². The molecule has 0 spiro atoms. The maximum atomic E-state index is 13.3. The van der Waals surface area contributed by atoms with Crippen LogP contribution in [-0.2, 0) is 11.3 Å². The summed E-state index contributed by atoms with van der Waals surface area (Å²) in [6.07, 6.45) is 1.78. The van der Waals surface area contributed by atoms with Crippen LogP contribution in [0.5, 0.6) is 11.5 Å². The number of carbonyl (C=O) groups excluding carboxylic acids is 1. The highest BCUT2D eigenvalue weighted by atomic mass is 79.9. The topological polar surface area (TPSA) is 62.1 Å². The first-order chi connectivity index (χ1) is 15.0. The highest BCUT2D eigenvalue weighted by molar-refractivity contribution is 9.10. The van der Waals surface area contributed by atoms with E-state index in [-0.39, 0.29) is 11.7 Å². The average molecular weight is 495 g/mol. The number of amides is 1. The fourth-order valence-corrected chi connectivity index (χ4v) is 4.55. The van der Waals surface area contributed by atoms with Gasteiger partial charge in [-0.1, -0.05) is 48.5 Å². The van der Waals surface area contributed by atoms with Gasteiger partial charge in [0.1, 0.15) is 0 Å². The summed E-state index contributed by atoms with van der Waals surface area (Å²) in [7, 11) is 1.49. The van der Waals surface area contributed by atoms with Gasteiger partial charge >= 0.3 is 0 Å². The maximum absolute atomic E-state index is 13.3. The summed E-state index contributed by atoms with van der Waals surface area (Å²) in [6, 6.07) is 22.8. The van der Waals surface area contributed by atoms with E-state index in [0.29, 0.717) is 26.8 Å². The predicted molar refractivity (Wildman–Crippen MR) is 128 cm³/mol. The van der Waals surface area contributed by atoms with E-state index in [1.165, 1.54) is 18.9 Å². The number of aromatic hydroxyl groups is 1. The normalized spacial score (nSPS) is 16.3. The molecule has 1 heterocycles. The van der Waals surface area contributed by atoms with Gasteiger partial charge in [0, 0.05) is 0 Å². The molecule has 3 aromatic carbocycles. The quantitative estimate of drug-likeness (QED) is 0.444. The van der Waals surface area contributed by atoms with Crippen LogP contribution in [0.2, 0.25) is 0 Å². The van der Waals surface area contributed by atoms with Crippen LogP contribution >= 0.6 is 27.7 Å². The number of nitrogens with zero attached hydrogens (tertiary/aromatic N) is 2. The van der Waals surface area contributed by atoms with Crippen LogP contribution in [0.25, 0.3) is 6.08 Å². The molecule has 1 aliphatic rings. The molecule has 156 valence electrons. The monoisotopic (exact) mass is 494 g/mol. The number of carbonyl (C=O) groups is 1. The minimum atomic E-state index is -0.119. The Balaban J connectivity index is 1.72. The van der Waals surface area contributed by atoms with Crippen LogP contribution in [-0.4, -0.2) is 28.2 Å². The van der Waals surface area contributed by atoms with Gasteiger partial charge in [-0.2, -0.15) is 0 Å². The fraction of sp³-hybridized carbons (Fsp3) is 0.0833. The van der Waals surface area contributed by atoms with Crippen LogP contribution in [0, 0.1) is 0 Å². The van der Waals surface area contributed by atoms with E-state index >= 15 is 0 Å². The molecular weight excluding hydrogens is 476 g/mol. The number of amidine groups is 1. The zero-order chi connectivity index (χ0) is 21.8. The number of thioether (sulfide) groups is 1. The summed E-state index contributed by atoms with van der Waals surface area (Å²) < 4.78 is 5.72. The van der Waals surface area contributed by atoms with Gasteiger partial charge in [0.05, 0.1) is 28.7 Å². The third-order valence-electron chi connectivity index (χ3n) is 4.62. The molecule has 1 saturated heterocycles. The molecule has 0 aliphatic carbocycles. The van der Waals surface area contributed by atoms with Gasteiger partial charge in [-0.05, 0) is 69.2 Å². The Morgan fingerprint density at radius 3 is 2.45 bits per heavy atom. The number of hydrogen-bond donors (Lipinski definition) is 1. The minimum Gasteiger partial charge on any atom is -0.503 e. The van der Waals surface area contributed by atoms with Crippen LogP contribution in [0.4, 0.5) is 5.69 Å². The molecule has 0 aromatic heterocycles. The lowest BCUT2D eigenvalue weighted by Crippen LogP contribution is -2.28. The van der Waals surface area contributed by atoms with Crippen molar-refractivity contribution in [3.63, 3.8) is 0 Å². The van der Waals surface area contributed by atoms with Gasteiger partial charge in [-0.3, -0.25) is 9.69 Å². The molecule has 0 saturated carbocycles. The molecular formula is C24H19BrN2O3S. The van der Waals surface area contributed by atoms with Crippen LogP contribution in [0.15, 0.2) is 87.2 Å². The Bertz CT molecular complexity index is 1160. The largest absolute Gasteiger partial charge is 0.503 e. The van der Waals surface area contributed by atoms with Crippen molar-refractivity contribution in [1.82, 2.24) is 4.90 Å². The molecule has 0 atom stereocenters. The van der Waals surface area contributed by atoms with E-state index < -0.39 is 0 Å². The number of rotatable bonds is 5. The number of halogens is 1. The summed E-state index contributed by atoms with van der Waals surface area (Å²) in [5.74, 6) is 0.231. The van der Waals surface area contributed by atoms with Crippen molar-refractivity contribution in [3.05, 3.63) is 93.3 Å². The van der Waals surface area contributed by atoms with Crippen molar-refractivity contribution in [2.24, 2.45) is 4.99 Å². The summed E-state index contributed by atoms with van der Waals surface area (Å²) in [4.78, 5) is 20.2. The SMILES string of the molecule is COc1cc(/C=C2/SC(=Nc3ccccc3)N(Cc3ccccc3)C2=O)cc(Br)c1O. The first-order valence-electron chi connectivity index (χ1n) is 9.50. The first kappa shape index (κ1) is 21.2. The van der Waals surface area contributed by atoms with Crippen molar-refractivity contribution in [3.8, 4) is 11.5 Å². The summed E-state index contributed by atoms with van der Waals surface area (Å²) in [5, 5.41) is 10.7. The van der Waals surface area contributed by atoms with E-state index in [0.717, 1.165) is 16.8 Å². The van der Waals surface area contributed by atoms with E-state index in [1.54, 1.807) is 23.1 Å². The van der Waals surface area contributed by atoms with Crippen molar-refractivity contribution in [2.45, 2.75) is 6.54 Å². The summed E-state index contributed by atoms with van der Waals surface area (Å²) in [5.41, 5.74) is 2.54. The Morgan fingerprint density at radius 2 is 1.77 bits per heavy atom. The molecule has 4 rings (SSSR count). The van der Waals surface area contributed by atoms with Crippen LogP contribution in [0.3, 0.4) is 0 Å². The number of ether oxygens (including phenoxy) is 1. The highest BCUT2D eigenvalue weighted by Crippen LogP contribution is 2.39. The lowest BCUT2D eigenvalue weighted by molar-refractivity contribution is -0.122. The molecule has 0 radical (unpaired) electrons. The van der Waals surface area contributed by atoms with E-state index in [4.69, 9.17) is 9.73 Å². The number of aliphatic imine (C=N–C) groups is 1. The lowest BCUT2D eigenvalue weighted by Gasteiger charge is -2.15. The third-order valence-corrected chi connectivity index (χ3v) is 6.23. The second-order valence-electron chi connectivity index (χ2n) is 6.77. The summed E-state index contributed by atoms with van der Waals surface area (Å²) >= 11 is 4.66. The van der Waals surface area contributed by atoms with Gasteiger partial charge in [0.15, 0.2) is 16.7 Å². The van der Waals surface area contributed by atoms with Crippen molar-refractivity contribution >= 4 is 50.5 Å². The predicted octanol–water partition coefficient (Wildman–Crippen LogP) is 5.97. The number of phenolic OH excluding ortho intramolecular Hbond substituents is 1. The Morgan fingerprint density at radius 1 is 1.10 bits per heavy atom. The van der Waals surface area contributed by atoms with Crippen molar-refractivity contribution in [1.29, 1.82) is 0 Å². The van der Waals surface area contributed by atoms with Crippen molar-refractivity contribution < 1.29 is 14.6 Å². The Hall–Kier alpha value is -3.03. The molecule has 5 nitrogen and oxygen atoms in total. The van der Waals surface area contributed by atoms with Gasteiger partial charge in [0.25, 0.3) is 5.91 Å². The van der Waals surface area contributed by atoms with Gasteiger partial charge in [0.2, 0.25) is 0 Å². The smallest absolute Gasteiger partial charge is 0.267 e. The van der Waals surface area contributed by atoms with Gasteiger partial charge in [-0.25, -0.2) is 4.99 Å². The zero-order valence-corrected chi connectivity index (χ0v) is 19.1. The number of hydrogen-bond acceptors (Lipinski definition) is 5. The van der Waals surface area contributed by atoms with Gasteiger partial charge < -0.3 is 9.84 Å². The number of benzene rings is 3. The molecule has 3 aromatic rings. The number of para-hydroxylation sites is 1. The molecule has 1 amide bonds. The zero-order valence-electron chi connectivity index (χ0n) is 16.7. The van der Waals surface area contributed by atoms with E-state index in [2.05, 4.69) is 15.9 Å². The maximum Gasteiger partial charge on any atom is 0.267 e. The molecule has 1 aliphatic heterocycles. The minimum absolute atomic E-state index is 0.0204.